The summed E-state index contributed by atoms with van der Waals surface area (Å²) in [6.45, 7) is 17.6. The molecule has 1 fully saturated rings. The van der Waals surface area contributed by atoms with Crippen molar-refractivity contribution in [1.29, 1.82) is 0 Å². The van der Waals surface area contributed by atoms with Gasteiger partial charge in [-0.1, -0.05) is 66.2 Å². The molecule has 4 rings (SSSR count). The van der Waals surface area contributed by atoms with Gasteiger partial charge in [-0.25, -0.2) is 0 Å². The second-order valence-electron chi connectivity index (χ2n) is 12.2. The van der Waals surface area contributed by atoms with Gasteiger partial charge in [-0.3, -0.25) is 9.59 Å². The first kappa shape index (κ1) is 29.3. The Labute approximate surface area is 213 Å². The number of piperidine rings is 1. The lowest BCUT2D eigenvalue weighted by Gasteiger charge is -2.42. The largest absolute Gasteiger partial charge is 0.400 e. The fourth-order valence-corrected chi connectivity index (χ4v) is 4.83. The maximum absolute atomic E-state index is 12.6. The number of rotatable bonds is 4. The van der Waals surface area contributed by atoms with Crippen LogP contribution in [0.15, 0.2) is 29.8 Å². The molecule has 5 nitrogen and oxygen atoms in total. The Bertz CT molecular complexity index is 916. The van der Waals surface area contributed by atoms with Crippen molar-refractivity contribution in [2.24, 2.45) is 11.3 Å². The van der Waals surface area contributed by atoms with Gasteiger partial charge in [-0.15, -0.1) is 0 Å². The Morgan fingerprint density at radius 3 is 2.03 bits per heavy atom. The van der Waals surface area contributed by atoms with Crippen molar-refractivity contribution in [2.75, 3.05) is 26.7 Å². The quantitative estimate of drug-likeness (QED) is 0.555. The second-order valence-corrected chi connectivity index (χ2v) is 12.2. The highest BCUT2D eigenvalue weighted by atomic mass is 16.2. The average Bonchev–Trinajstić information content (AvgIpc) is 3.68. The van der Waals surface area contributed by atoms with Crippen molar-refractivity contribution < 1.29 is 14.7 Å². The van der Waals surface area contributed by atoms with E-state index in [-0.39, 0.29) is 35.0 Å². The molecule has 5 heteroatoms. The molecule has 195 valence electrons. The van der Waals surface area contributed by atoms with E-state index in [1.54, 1.807) is 0 Å². The van der Waals surface area contributed by atoms with Crippen molar-refractivity contribution >= 4 is 11.7 Å². The first-order valence-corrected chi connectivity index (χ1v) is 13.0. The maximum Gasteiger partial charge on any atom is 0.251 e. The highest BCUT2D eigenvalue weighted by Crippen LogP contribution is 2.45. The maximum atomic E-state index is 12.6. The number of amides is 1. The normalized spacial score (nSPS) is 20.1. The molecule has 0 bridgehead atoms. The van der Waals surface area contributed by atoms with Crippen LogP contribution in [0.5, 0.6) is 0 Å². The molecule has 2 aliphatic carbocycles. The summed E-state index contributed by atoms with van der Waals surface area (Å²) in [6.07, 6.45) is 8.35. The molecule has 3 aliphatic rings. The van der Waals surface area contributed by atoms with Crippen molar-refractivity contribution in [3.63, 3.8) is 0 Å². The monoisotopic (exact) mass is 483 g/mol. The van der Waals surface area contributed by atoms with Crippen LogP contribution in [0.25, 0.3) is 0 Å². The van der Waals surface area contributed by atoms with Gasteiger partial charge in [0.1, 0.15) is 0 Å². The summed E-state index contributed by atoms with van der Waals surface area (Å²) < 4.78 is 0. The summed E-state index contributed by atoms with van der Waals surface area (Å²) in [6, 6.07) is 6.06. The standard InChI is InChI=1S/C22H32N2O2.C7H11.CH4O/c1-21(2)9-10-22(3,4)18-13-16(5-6-17(18)21)20(26)24-14-19(25)15-7-11-23-12-8-15;1-7(2,3)6-4-5-6;1-2/h5-6,13,15,23H,7-12,14H2,1-4H3,(H,24,26);4-5H,1-3H3;2H,1H3. The molecule has 1 aromatic carbocycles. The third-order valence-corrected chi connectivity index (χ3v) is 7.53. The zero-order chi connectivity index (χ0) is 26.4. The van der Waals surface area contributed by atoms with Crippen LogP contribution in [-0.2, 0) is 15.6 Å². The molecule has 0 atom stereocenters. The highest BCUT2D eigenvalue weighted by molar-refractivity contribution is 5.97. The summed E-state index contributed by atoms with van der Waals surface area (Å²) in [5.74, 6) is 0.0911. The molecule has 1 amide bonds. The molecule has 0 aromatic heterocycles. The third-order valence-electron chi connectivity index (χ3n) is 7.53. The van der Waals surface area contributed by atoms with Crippen molar-refractivity contribution in [3.8, 4) is 0 Å². The van der Waals surface area contributed by atoms with E-state index >= 15 is 0 Å². The van der Waals surface area contributed by atoms with E-state index in [1.807, 2.05) is 12.1 Å². The number of ketones is 1. The number of aliphatic hydroxyl groups excluding tert-OH is 1. The predicted molar refractivity (Wildman–Crippen MR) is 145 cm³/mol. The number of Topliss-reactive ketones (excluding diaryl/α,β-unsaturated/α-hetero) is 1. The Hall–Kier alpha value is -1.98. The summed E-state index contributed by atoms with van der Waals surface area (Å²) >= 11 is 0. The number of hydrogen-bond donors (Lipinski definition) is 3. The molecule has 1 radical (unpaired) electrons. The molecule has 1 aliphatic heterocycles. The molecular weight excluding hydrogens is 436 g/mol. The van der Waals surface area contributed by atoms with Gasteiger partial charge in [0.05, 0.1) is 6.54 Å². The molecule has 0 saturated carbocycles. The van der Waals surface area contributed by atoms with E-state index in [0.717, 1.165) is 45.9 Å². The van der Waals surface area contributed by atoms with E-state index < -0.39 is 0 Å². The van der Waals surface area contributed by atoms with Gasteiger partial charge >= 0.3 is 0 Å². The van der Waals surface area contributed by atoms with Crippen LogP contribution in [0.2, 0.25) is 0 Å². The minimum Gasteiger partial charge on any atom is -0.400 e. The predicted octanol–water partition coefficient (Wildman–Crippen LogP) is 5.12. The zero-order valence-electron chi connectivity index (χ0n) is 23.2. The molecule has 1 saturated heterocycles. The zero-order valence-corrected chi connectivity index (χ0v) is 23.2. The molecule has 3 N–H and O–H groups in total. The smallest absolute Gasteiger partial charge is 0.251 e. The van der Waals surface area contributed by atoms with Gasteiger partial charge in [0.25, 0.3) is 5.91 Å². The first-order valence-electron chi connectivity index (χ1n) is 13.0. The Balaban J connectivity index is 0.000000407. The Kier molecular flexibility index (Phi) is 9.89. The molecule has 1 aromatic rings. The summed E-state index contributed by atoms with van der Waals surface area (Å²) in [5, 5.41) is 13.1. The third kappa shape index (κ3) is 8.01. The van der Waals surface area contributed by atoms with Gasteiger partial charge in [0.15, 0.2) is 5.78 Å². The van der Waals surface area contributed by atoms with Crippen LogP contribution in [-0.4, -0.2) is 43.5 Å². The van der Waals surface area contributed by atoms with Crippen LogP contribution in [0.3, 0.4) is 0 Å². The number of carbonyl (C=O) groups excluding carboxylic acids is 2. The SMILES string of the molecule is CC(C)(C)C1=C[CH]1.CC1(C)CCC(C)(C)c2cc(C(=O)NCC(=O)C3CCNCC3)ccc21.CO. The number of carbonyl (C=O) groups is 2. The van der Waals surface area contributed by atoms with E-state index in [4.69, 9.17) is 5.11 Å². The van der Waals surface area contributed by atoms with Gasteiger partial charge in [-0.05, 0) is 78.3 Å². The van der Waals surface area contributed by atoms with Crippen LogP contribution < -0.4 is 10.6 Å². The highest BCUT2D eigenvalue weighted by Gasteiger charge is 2.37. The minimum absolute atomic E-state index is 0.0755. The lowest BCUT2D eigenvalue weighted by molar-refractivity contribution is -0.122. The van der Waals surface area contributed by atoms with Crippen LogP contribution in [0.1, 0.15) is 95.6 Å². The van der Waals surface area contributed by atoms with Gasteiger partial charge in [-0.2, -0.15) is 0 Å². The number of fused-ring (bicyclic) bond motifs is 1. The lowest BCUT2D eigenvalue weighted by Crippen LogP contribution is -2.38. The number of hydrogen-bond acceptors (Lipinski definition) is 4. The number of aliphatic hydroxyl groups is 1. The van der Waals surface area contributed by atoms with Crippen LogP contribution in [0, 0.1) is 17.8 Å². The van der Waals surface area contributed by atoms with E-state index in [2.05, 4.69) is 77.7 Å². The van der Waals surface area contributed by atoms with Gasteiger partial charge in [0, 0.05) is 25.0 Å². The molecule has 1 heterocycles. The Morgan fingerprint density at radius 1 is 1.00 bits per heavy atom. The molecule has 0 spiro atoms. The average molecular weight is 484 g/mol. The van der Waals surface area contributed by atoms with Crippen LogP contribution >= 0.6 is 0 Å². The fourth-order valence-electron chi connectivity index (χ4n) is 4.83. The van der Waals surface area contributed by atoms with Gasteiger partial charge in [0.2, 0.25) is 0 Å². The van der Waals surface area contributed by atoms with E-state index in [0.29, 0.717) is 11.0 Å². The molecule has 35 heavy (non-hydrogen) atoms. The van der Waals surface area contributed by atoms with E-state index in [1.165, 1.54) is 16.7 Å². The van der Waals surface area contributed by atoms with Crippen molar-refractivity contribution in [3.05, 3.63) is 53.0 Å². The minimum atomic E-state index is -0.144. The molecule has 0 unspecified atom stereocenters. The van der Waals surface area contributed by atoms with Crippen LogP contribution in [0.4, 0.5) is 0 Å². The van der Waals surface area contributed by atoms with Crippen molar-refractivity contribution in [2.45, 2.75) is 85.0 Å². The number of nitrogens with one attached hydrogen (secondary N) is 2. The summed E-state index contributed by atoms with van der Waals surface area (Å²) in [7, 11) is 1.00. The first-order chi connectivity index (χ1) is 16.3. The summed E-state index contributed by atoms with van der Waals surface area (Å²) in [5.41, 5.74) is 5.40. The number of allylic oxidation sites excluding steroid dienone is 2. The topological polar surface area (TPSA) is 78.4 Å². The Morgan fingerprint density at radius 2 is 1.54 bits per heavy atom. The number of benzene rings is 1. The summed E-state index contributed by atoms with van der Waals surface area (Å²) in [4.78, 5) is 24.9. The van der Waals surface area contributed by atoms with Gasteiger partial charge < -0.3 is 15.7 Å². The lowest BCUT2D eigenvalue weighted by atomic mass is 9.63. The molecular formula is C30H47N2O3. The fraction of sp³-hybridized carbons (Fsp3) is 0.633. The van der Waals surface area contributed by atoms with E-state index in [9.17, 15) is 9.59 Å². The van der Waals surface area contributed by atoms with Crippen molar-refractivity contribution in [1.82, 2.24) is 10.6 Å². The second kappa shape index (κ2) is 11.8.